The van der Waals surface area contributed by atoms with Crippen LogP contribution >= 0.6 is 0 Å². The maximum absolute atomic E-state index is 10.4. The van der Waals surface area contributed by atoms with Crippen molar-refractivity contribution in [2.24, 2.45) is 5.73 Å². The number of methoxy groups -OCH3 is 1. The van der Waals surface area contributed by atoms with Gasteiger partial charge in [-0.1, -0.05) is 0 Å². The van der Waals surface area contributed by atoms with Crippen molar-refractivity contribution in [1.82, 2.24) is 0 Å². The zero-order valence-electron chi connectivity index (χ0n) is 5.89. The highest BCUT2D eigenvalue weighted by Crippen LogP contribution is 1.93. The smallest absolute Gasteiger partial charge is 0.305 e. The van der Waals surface area contributed by atoms with E-state index >= 15 is 0 Å². The van der Waals surface area contributed by atoms with Gasteiger partial charge in [0, 0.05) is 12.5 Å². The number of ether oxygens (including phenoxy) is 1. The molecule has 0 fully saturated rings. The standard InChI is InChI=1S/C6H13NO2/c1-5(7)3-4-6(8)9-2/h5H,3-4,7H2,1-2H3/t5-/m1/s1. The fourth-order valence-corrected chi connectivity index (χ4v) is 0.448. The summed E-state index contributed by atoms with van der Waals surface area (Å²) < 4.78 is 4.41. The number of hydrogen-bond donors (Lipinski definition) is 1. The van der Waals surface area contributed by atoms with E-state index in [0.29, 0.717) is 12.8 Å². The first kappa shape index (κ1) is 8.43. The zero-order chi connectivity index (χ0) is 7.28. The predicted molar refractivity (Wildman–Crippen MR) is 34.9 cm³/mol. The second-order valence-electron chi connectivity index (χ2n) is 2.09. The summed E-state index contributed by atoms with van der Waals surface area (Å²) in [5.41, 5.74) is 5.39. The van der Waals surface area contributed by atoms with Crippen LogP contribution < -0.4 is 5.73 Å². The van der Waals surface area contributed by atoms with E-state index in [1.807, 2.05) is 6.92 Å². The van der Waals surface area contributed by atoms with E-state index < -0.39 is 0 Å². The Hall–Kier alpha value is -0.570. The average Bonchev–Trinajstić information content (AvgIpc) is 1.83. The third kappa shape index (κ3) is 5.30. The van der Waals surface area contributed by atoms with Crippen LogP contribution in [0.2, 0.25) is 0 Å². The zero-order valence-corrected chi connectivity index (χ0v) is 5.89. The molecule has 0 rings (SSSR count). The fourth-order valence-electron chi connectivity index (χ4n) is 0.448. The maximum Gasteiger partial charge on any atom is 0.305 e. The van der Waals surface area contributed by atoms with E-state index in [9.17, 15) is 4.79 Å². The Bertz CT molecular complexity index is 91.1. The highest BCUT2D eigenvalue weighted by molar-refractivity contribution is 5.69. The lowest BCUT2D eigenvalue weighted by Gasteiger charge is -2.01. The van der Waals surface area contributed by atoms with Crippen LogP contribution in [-0.2, 0) is 9.53 Å². The van der Waals surface area contributed by atoms with Crippen LogP contribution in [0.3, 0.4) is 0 Å². The molecular weight excluding hydrogens is 118 g/mol. The lowest BCUT2D eigenvalue weighted by molar-refractivity contribution is -0.140. The maximum atomic E-state index is 10.4. The molecule has 0 bridgehead atoms. The van der Waals surface area contributed by atoms with E-state index in [4.69, 9.17) is 5.73 Å². The average molecular weight is 131 g/mol. The molecule has 0 spiro atoms. The summed E-state index contributed by atoms with van der Waals surface area (Å²) >= 11 is 0. The fraction of sp³-hybridized carbons (Fsp3) is 0.833. The summed E-state index contributed by atoms with van der Waals surface area (Å²) in [4.78, 5) is 10.4. The van der Waals surface area contributed by atoms with Crippen molar-refractivity contribution >= 4 is 5.97 Å². The Morgan fingerprint density at radius 1 is 1.78 bits per heavy atom. The lowest BCUT2D eigenvalue weighted by Crippen LogP contribution is -2.16. The van der Waals surface area contributed by atoms with Crippen LogP contribution in [0.5, 0.6) is 0 Å². The number of rotatable bonds is 3. The molecule has 3 nitrogen and oxygen atoms in total. The van der Waals surface area contributed by atoms with Gasteiger partial charge in [0.25, 0.3) is 0 Å². The lowest BCUT2D eigenvalue weighted by atomic mass is 10.2. The minimum absolute atomic E-state index is 0.0871. The van der Waals surface area contributed by atoms with Gasteiger partial charge in [0.05, 0.1) is 7.11 Å². The van der Waals surface area contributed by atoms with Crippen LogP contribution in [0.4, 0.5) is 0 Å². The minimum atomic E-state index is -0.188. The Kier molecular flexibility index (Phi) is 4.05. The van der Waals surface area contributed by atoms with Gasteiger partial charge >= 0.3 is 5.97 Å². The molecule has 2 N–H and O–H groups in total. The summed E-state index contributed by atoms with van der Waals surface area (Å²) in [6.45, 7) is 1.86. The molecule has 0 saturated heterocycles. The number of esters is 1. The van der Waals surface area contributed by atoms with E-state index in [1.54, 1.807) is 0 Å². The quantitative estimate of drug-likeness (QED) is 0.560. The van der Waals surface area contributed by atoms with E-state index in [-0.39, 0.29) is 12.0 Å². The monoisotopic (exact) mass is 131 g/mol. The number of hydrogen-bond acceptors (Lipinski definition) is 3. The Balaban J connectivity index is 3.17. The van der Waals surface area contributed by atoms with Gasteiger partial charge in [0.15, 0.2) is 0 Å². The van der Waals surface area contributed by atoms with Gasteiger partial charge in [0.1, 0.15) is 0 Å². The molecule has 0 radical (unpaired) electrons. The second kappa shape index (κ2) is 4.32. The van der Waals surface area contributed by atoms with Crippen LogP contribution in [0.25, 0.3) is 0 Å². The van der Waals surface area contributed by atoms with Gasteiger partial charge in [-0.3, -0.25) is 4.79 Å². The van der Waals surface area contributed by atoms with Crippen LogP contribution in [-0.4, -0.2) is 19.1 Å². The molecule has 54 valence electrons. The van der Waals surface area contributed by atoms with Crippen molar-refractivity contribution in [2.75, 3.05) is 7.11 Å². The second-order valence-corrected chi connectivity index (χ2v) is 2.09. The first-order valence-corrected chi connectivity index (χ1v) is 2.99. The molecule has 0 aliphatic carbocycles. The van der Waals surface area contributed by atoms with Gasteiger partial charge in [-0.2, -0.15) is 0 Å². The third-order valence-corrected chi connectivity index (χ3v) is 1.03. The summed E-state index contributed by atoms with van der Waals surface area (Å²) in [5.74, 6) is -0.188. The van der Waals surface area contributed by atoms with Crippen LogP contribution in [0, 0.1) is 0 Å². The van der Waals surface area contributed by atoms with Gasteiger partial charge in [-0.05, 0) is 13.3 Å². The summed E-state index contributed by atoms with van der Waals surface area (Å²) in [5, 5.41) is 0. The molecule has 0 heterocycles. The molecule has 3 heteroatoms. The highest BCUT2D eigenvalue weighted by atomic mass is 16.5. The van der Waals surface area contributed by atoms with Crippen LogP contribution in [0.1, 0.15) is 19.8 Å². The van der Waals surface area contributed by atoms with Gasteiger partial charge in [-0.25, -0.2) is 0 Å². The van der Waals surface area contributed by atoms with Crippen molar-refractivity contribution in [2.45, 2.75) is 25.8 Å². The molecule has 0 aromatic carbocycles. The molecule has 0 unspecified atom stereocenters. The van der Waals surface area contributed by atoms with Gasteiger partial charge < -0.3 is 10.5 Å². The largest absolute Gasteiger partial charge is 0.469 e. The summed E-state index contributed by atoms with van der Waals surface area (Å²) in [7, 11) is 1.38. The van der Waals surface area contributed by atoms with Crippen molar-refractivity contribution < 1.29 is 9.53 Å². The SMILES string of the molecule is COC(=O)CC[C@@H](C)N. The first-order valence-electron chi connectivity index (χ1n) is 2.99. The Morgan fingerprint density at radius 3 is 2.67 bits per heavy atom. The van der Waals surface area contributed by atoms with E-state index in [0.717, 1.165) is 0 Å². The van der Waals surface area contributed by atoms with E-state index in [2.05, 4.69) is 4.74 Å². The summed E-state index contributed by atoms with van der Waals surface area (Å²) in [6, 6.07) is 0.0871. The van der Waals surface area contributed by atoms with Crippen molar-refractivity contribution in [1.29, 1.82) is 0 Å². The first-order chi connectivity index (χ1) is 4.16. The molecule has 9 heavy (non-hydrogen) atoms. The molecule has 0 aliphatic rings. The predicted octanol–water partition coefficient (Wildman–Crippen LogP) is 0.287. The Labute approximate surface area is 55.2 Å². The Morgan fingerprint density at radius 2 is 2.33 bits per heavy atom. The van der Waals surface area contributed by atoms with Crippen molar-refractivity contribution in [3.8, 4) is 0 Å². The summed E-state index contributed by atoms with van der Waals surface area (Å²) in [6.07, 6.45) is 1.13. The highest BCUT2D eigenvalue weighted by Gasteiger charge is 2.00. The van der Waals surface area contributed by atoms with Crippen molar-refractivity contribution in [3.05, 3.63) is 0 Å². The van der Waals surface area contributed by atoms with E-state index in [1.165, 1.54) is 7.11 Å². The third-order valence-electron chi connectivity index (χ3n) is 1.03. The normalized spacial score (nSPS) is 12.8. The molecule has 0 aromatic rings. The molecule has 0 saturated carbocycles. The molecule has 1 atom stereocenters. The van der Waals surface area contributed by atoms with Crippen LogP contribution in [0.15, 0.2) is 0 Å². The minimum Gasteiger partial charge on any atom is -0.469 e. The molecule has 0 aromatic heterocycles. The van der Waals surface area contributed by atoms with Gasteiger partial charge in [0.2, 0.25) is 0 Å². The number of nitrogens with two attached hydrogens (primary N) is 1. The number of carbonyl (C=O) groups excluding carboxylic acids is 1. The number of carbonyl (C=O) groups is 1. The van der Waals surface area contributed by atoms with Crippen molar-refractivity contribution in [3.63, 3.8) is 0 Å². The molecule has 0 aliphatic heterocycles. The molecule has 0 amide bonds. The molecular formula is C6H13NO2. The van der Waals surface area contributed by atoms with Gasteiger partial charge in [-0.15, -0.1) is 0 Å². The topological polar surface area (TPSA) is 52.3 Å².